The summed E-state index contributed by atoms with van der Waals surface area (Å²) >= 11 is 0. The summed E-state index contributed by atoms with van der Waals surface area (Å²) < 4.78 is 5.12. The van der Waals surface area contributed by atoms with Gasteiger partial charge in [-0.15, -0.1) is 0 Å². The summed E-state index contributed by atoms with van der Waals surface area (Å²) in [5, 5.41) is 13.5. The number of aryl methyl sites for hydroxylation is 1. The van der Waals surface area contributed by atoms with Crippen molar-refractivity contribution in [3.63, 3.8) is 0 Å². The van der Waals surface area contributed by atoms with Crippen LogP contribution in [0.15, 0.2) is 18.2 Å². The molecule has 1 aliphatic rings. The highest BCUT2D eigenvalue weighted by molar-refractivity contribution is 5.95. The number of ether oxygens (including phenoxy) is 1. The van der Waals surface area contributed by atoms with E-state index < -0.39 is 4.92 Å². The van der Waals surface area contributed by atoms with Crippen LogP contribution in [-0.2, 0) is 4.74 Å². The molecule has 0 bridgehead atoms. The van der Waals surface area contributed by atoms with E-state index in [0.717, 1.165) is 0 Å². The third kappa shape index (κ3) is 2.90. The van der Waals surface area contributed by atoms with Gasteiger partial charge in [0.2, 0.25) is 0 Å². The highest BCUT2D eigenvalue weighted by Gasteiger charge is 2.33. The Morgan fingerprint density at radius 3 is 2.68 bits per heavy atom. The van der Waals surface area contributed by atoms with Crippen molar-refractivity contribution in [2.45, 2.75) is 13.8 Å². The van der Waals surface area contributed by atoms with E-state index in [2.05, 4.69) is 5.32 Å². The third-order valence-electron chi connectivity index (χ3n) is 3.24. The Bertz CT molecular complexity index is 523. The van der Waals surface area contributed by atoms with Crippen LogP contribution in [0, 0.1) is 22.5 Å². The summed E-state index contributed by atoms with van der Waals surface area (Å²) in [6.07, 6.45) is 0. The molecule has 1 saturated heterocycles. The molecule has 1 fully saturated rings. The van der Waals surface area contributed by atoms with Gasteiger partial charge in [-0.05, 0) is 18.6 Å². The maximum absolute atomic E-state index is 12.0. The van der Waals surface area contributed by atoms with Crippen LogP contribution in [0.1, 0.15) is 22.8 Å². The summed E-state index contributed by atoms with van der Waals surface area (Å²) in [4.78, 5) is 22.2. The van der Waals surface area contributed by atoms with Gasteiger partial charge in [-0.3, -0.25) is 14.9 Å². The maximum Gasteiger partial charge on any atom is 0.269 e. The molecule has 1 aromatic carbocycles. The molecular weight excluding hydrogens is 248 g/mol. The van der Waals surface area contributed by atoms with Crippen LogP contribution in [0.25, 0.3) is 0 Å². The molecule has 1 amide bonds. The first-order valence-corrected chi connectivity index (χ1v) is 6.02. The summed E-state index contributed by atoms with van der Waals surface area (Å²) in [6.45, 7) is 5.57. The van der Waals surface area contributed by atoms with E-state index in [9.17, 15) is 14.9 Å². The number of nitrogens with one attached hydrogen (secondary N) is 1. The molecule has 102 valence electrons. The van der Waals surface area contributed by atoms with Crippen LogP contribution in [0.4, 0.5) is 5.69 Å². The van der Waals surface area contributed by atoms with E-state index in [-0.39, 0.29) is 17.0 Å². The van der Waals surface area contributed by atoms with Crippen LogP contribution in [-0.4, -0.2) is 30.6 Å². The monoisotopic (exact) mass is 264 g/mol. The summed E-state index contributed by atoms with van der Waals surface area (Å²) in [5.41, 5.74) is 1.06. The largest absolute Gasteiger partial charge is 0.380 e. The molecule has 0 unspecified atom stereocenters. The van der Waals surface area contributed by atoms with Crippen LogP contribution in [0.2, 0.25) is 0 Å². The average Bonchev–Trinajstić information content (AvgIpc) is 2.33. The Morgan fingerprint density at radius 1 is 1.53 bits per heavy atom. The zero-order valence-electron chi connectivity index (χ0n) is 10.9. The highest BCUT2D eigenvalue weighted by Crippen LogP contribution is 2.25. The zero-order chi connectivity index (χ0) is 14.0. The molecular formula is C13H16N2O4. The Labute approximate surface area is 110 Å². The normalized spacial score (nSPS) is 16.5. The average molecular weight is 264 g/mol. The van der Waals surface area contributed by atoms with Gasteiger partial charge in [0.25, 0.3) is 11.6 Å². The van der Waals surface area contributed by atoms with Gasteiger partial charge in [-0.1, -0.05) is 6.92 Å². The Hall–Kier alpha value is -1.95. The van der Waals surface area contributed by atoms with Crippen molar-refractivity contribution in [2.75, 3.05) is 19.8 Å². The molecule has 1 aliphatic heterocycles. The molecule has 0 aromatic heterocycles. The van der Waals surface area contributed by atoms with Crippen molar-refractivity contribution in [2.24, 2.45) is 5.41 Å². The molecule has 19 heavy (non-hydrogen) atoms. The Morgan fingerprint density at radius 2 is 2.21 bits per heavy atom. The molecule has 1 heterocycles. The topological polar surface area (TPSA) is 81.5 Å². The lowest BCUT2D eigenvalue weighted by atomic mass is 9.88. The van der Waals surface area contributed by atoms with Gasteiger partial charge in [0.05, 0.1) is 18.1 Å². The van der Waals surface area contributed by atoms with E-state index in [1.165, 1.54) is 18.2 Å². The lowest BCUT2D eigenvalue weighted by molar-refractivity contribution is -0.384. The van der Waals surface area contributed by atoms with Crippen LogP contribution in [0.5, 0.6) is 0 Å². The zero-order valence-corrected chi connectivity index (χ0v) is 10.9. The van der Waals surface area contributed by atoms with Gasteiger partial charge in [0.15, 0.2) is 0 Å². The minimum Gasteiger partial charge on any atom is -0.380 e. The number of rotatable bonds is 4. The Balaban J connectivity index is 2.04. The van der Waals surface area contributed by atoms with E-state index >= 15 is 0 Å². The number of amides is 1. The van der Waals surface area contributed by atoms with Crippen LogP contribution < -0.4 is 5.32 Å². The number of nitro groups is 1. The van der Waals surface area contributed by atoms with Gasteiger partial charge in [0, 0.05) is 29.7 Å². The molecule has 6 nitrogen and oxygen atoms in total. The van der Waals surface area contributed by atoms with E-state index in [1.54, 1.807) is 6.92 Å². The molecule has 1 N–H and O–H groups in total. The van der Waals surface area contributed by atoms with Gasteiger partial charge in [0.1, 0.15) is 0 Å². The number of nitro benzene ring substituents is 1. The molecule has 2 rings (SSSR count). The fraction of sp³-hybridized carbons (Fsp3) is 0.462. The van der Waals surface area contributed by atoms with E-state index in [1.807, 2.05) is 6.92 Å². The number of benzene rings is 1. The van der Waals surface area contributed by atoms with Gasteiger partial charge >= 0.3 is 0 Å². The molecule has 1 aromatic rings. The maximum atomic E-state index is 12.0. The minimum atomic E-state index is -0.471. The smallest absolute Gasteiger partial charge is 0.269 e. The molecule has 6 heteroatoms. The number of carbonyl (C=O) groups excluding carboxylic acids is 1. The molecule has 0 saturated carbocycles. The Kier molecular flexibility index (Phi) is 3.53. The number of non-ortho nitro benzene ring substituents is 1. The molecule has 0 aliphatic carbocycles. The SMILES string of the molecule is Cc1cc([N+](=O)[O-])ccc1C(=O)NCC1(C)COC1. The molecule has 0 atom stereocenters. The van der Waals surface area contributed by atoms with Crippen molar-refractivity contribution in [3.05, 3.63) is 39.4 Å². The summed E-state index contributed by atoms with van der Waals surface area (Å²) in [6, 6.07) is 4.24. The van der Waals surface area contributed by atoms with Crippen molar-refractivity contribution >= 4 is 11.6 Å². The summed E-state index contributed by atoms with van der Waals surface area (Å²) in [5.74, 6) is -0.208. The minimum absolute atomic E-state index is 0.00431. The van der Waals surface area contributed by atoms with Gasteiger partial charge < -0.3 is 10.1 Å². The first-order chi connectivity index (χ1) is 8.91. The van der Waals surface area contributed by atoms with Crippen LogP contribution in [0.3, 0.4) is 0 Å². The predicted molar refractivity (Wildman–Crippen MR) is 69.1 cm³/mol. The predicted octanol–water partition coefficient (Wildman–Crippen LogP) is 1.67. The van der Waals surface area contributed by atoms with E-state index in [0.29, 0.717) is 30.9 Å². The number of hydrogen-bond acceptors (Lipinski definition) is 4. The number of hydrogen-bond donors (Lipinski definition) is 1. The van der Waals surface area contributed by atoms with Gasteiger partial charge in [-0.2, -0.15) is 0 Å². The number of nitrogens with zero attached hydrogens (tertiary/aromatic N) is 1. The van der Waals surface area contributed by atoms with Crippen molar-refractivity contribution < 1.29 is 14.5 Å². The van der Waals surface area contributed by atoms with Crippen molar-refractivity contribution in [1.29, 1.82) is 0 Å². The van der Waals surface area contributed by atoms with E-state index in [4.69, 9.17) is 4.74 Å². The second kappa shape index (κ2) is 4.97. The third-order valence-corrected chi connectivity index (χ3v) is 3.24. The molecule has 0 radical (unpaired) electrons. The lowest BCUT2D eigenvalue weighted by Gasteiger charge is -2.38. The van der Waals surface area contributed by atoms with Gasteiger partial charge in [-0.25, -0.2) is 0 Å². The fourth-order valence-electron chi connectivity index (χ4n) is 1.96. The van der Waals surface area contributed by atoms with Crippen molar-refractivity contribution in [3.8, 4) is 0 Å². The fourth-order valence-corrected chi connectivity index (χ4v) is 1.96. The number of carbonyl (C=O) groups is 1. The first-order valence-electron chi connectivity index (χ1n) is 6.02. The lowest BCUT2D eigenvalue weighted by Crippen LogP contribution is -2.48. The highest BCUT2D eigenvalue weighted by atomic mass is 16.6. The van der Waals surface area contributed by atoms with Crippen molar-refractivity contribution in [1.82, 2.24) is 5.32 Å². The second-order valence-corrected chi connectivity index (χ2v) is 5.24. The summed E-state index contributed by atoms with van der Waals surface area (Å²) in [7, 11) is 0. The standard InChI is InChI=1S/C13H16N2O4/c1-9-5-10(15(17)18)3-4-11(9)12(16)14-6-13(2)7-19-8-13/h3-5H,6-8H2,1-2H3,(H,14,16). The quantitative estimate of drug-likeness (QED) is 0.662. The molecule has 0 spiro atoms. The first kappa shape index (κ1) is 13.5. The van der Waals surface area contributed by atoms with Crippen LogP contribution >= 0.6 is 0 Å². The second-order valence-electron chi connectivity index (χ2n) is 5.24.